The third-order valence-corrected chi connectivity index (χ3v) is 4.22. The number of nitrogens with zero attached hydrogens (tertiary/aromatic N) is 1. The van der Waals surface area contributed by atoms with E-state index in [0.29, 0.717) is 6.54 Å². The van der Waals surface area contributed by atoms with Crippen LogP contribution >= 0.6 is 0 Å². The highest BCUT2D eigenvalue weighted by Gasteiger charge is 2.63. The predicted octanol–water partition coefficient (Wildman–Crippen LogP) is 1.40. The average Bonchev–Trinajstić information content (AvgIpc) is 2.71. The van der Waals surface area contributed by atoms with Crippen LogP contribution in [-0.4, -0.2) is 74.6 Å². The topological polar surface area (TPSA) is 66.5 Å². The van der Waals surface area contributed by atoms with E-state index in [2.05, 4.69) is 0 Å². The second kappa shape index (κ2) is 5.96. The molecule has 2 rings (SSSR count). The second-order valence-corrected chi connectivity index (χ2v) is 6.86. The lowest BCUT2D eigenvalue weighted by Gasteiger charge is -2.46. The zero-order valence-corrected chi connectivity index (χ0v) is 14.4. The molecule has 5 atom stereocenters. The van der Waals surface area contributed by atoms with Crippen molar-refractivity contribution in [3.8, 4) is 0 Å². The molecular formula is C15H27NO6. The molecule has 0 N–H and O–H groups in total. The van der Waals surface area contributed by atoms with Gasteiger partial charge in [-0.1, -0.05) is 0 Å². The predicted molar refractivity (Wildman–Crippen MR) is 78.6 cm³/mol. The Labute approximate surface area is 131 Å². The Morgan fingerprint density at radius 3 is 2.18 bits per heavy atom. The van der Waals surface area contributed by atoms with Gasteiger partial charge in [0.15, 0.2) is 5.72 Å². The number of carbonyl (C=O) groups is 1. The first-order chi connectivity index (χ1) is 10.2. The lowest BCUT2D eigenvalue weighted by molar-refractivity contribution is -0.269. The highest BCUT2D eigenvalue weighted by molar-refractivity contribution is 5.69. The third kappa shape index (κ3) is 2.82. The standard InChI is InChI=1S/C15H27NO6/c1-14(2,3)22-13(17)16-8-9-10(18-5)11(19-6)12(20-7)15(16,4)21-9/h9-12H,8H2,1-7H3/t9-,10-,11-,12+,15-/m0/s1. The van der Waals surface area contributed by atoms with Crippen LogP contribution in [0, 0.1) is 0 Å². The van der Waals surface area contributed by atoms with Crippen molar-refractivity contribution in [2.45, 2.75) is 63.4 Å². The maximum atomic E-state index is 12.5. The SMILES string of the molecule is CO[C@@H]1[C@H](OC)[C@@H](OC)[C@]2(C)O[C@H]1CN2C(=O)OC(C)(C)C. The summed E-state index contributed by atoms with van der Waals surface area (Å²) in [6.45, 7) is 7.70. The summed E-state index contributed by atoms with van der Waals surface area (Å²) in [7, 11) is 4.78. The molecule has 22 heavy (non-hydrogen) atoms. The number of carbonyl (C=O) groups excluding carboxylic acids is 1. The van der Waals surface area contributed by atoms with E-state index in [1.807, 2.05) is 27.7 Å². The fourth-order valence-corrected chi connectivity index (χ4v) is 3.32. The molecule has 2 bridgehead atoms. The van der Waals surface area contributed by atoms with E-state index in [0.717, 1.165) is 0 Å². The number of fused-ring (bicyclic) bond motifs is 2. The molecule has 2 aliphatic rings. The number of hydrogen-bond acceptors (Lipinski definition) is 6. The van der Waals surface area contributed by atoms with Crippen LogP contribution in [0.25, 0.3) is 0 Å². The van der Waals surface area contributed by atoms with E-state index in [1.54, 1.807) is 26.2 Å². The molecule has 0 radical (unpaired) electrons. The smallest absolute Gasteiger partial charge is 0.412 e. The van der Waals surface area contributed by atoms with Gasteiger partial charge < -0.3 is 23.7 Å². The molecular weight excluding hydrogens is 290 g/mol. The normalized spacial score (nSPS) is 38.2. The molecule has 0 saturated carbocycles. The van der Waals surface area contributed by atoms with E-state index in [1.165, 1.54) is 0 Å². The van der Waals surface area contributed by atoms with Crippen LogP contribution in [-0.2, 0) is 23.7 Å². The van der Waals surface area contributed by atoms with E-state index in [9.17, 15) is 4.79 Å². The van der Waals surface area contributed by atoms with Crippen LogP contribution in [0.15, 0.2) is 0 Å². The molecule has 0 aliphatic carbocycles. The molecule has 0 aromatic heterocycles. The van der Waals surface area contributed by atoms with Crippen molar-refractivity contribution in [3.05, 3.63) is 0 Å². The number of rotatable bonds is 3. The first-order valence-electron chi connectivity index (χ1n) is 7.44. The van der Waals surface area contributed by atoms with Crippen LogP contribution in [0.5, 0.6) is 0 Å². The molecule has 2 heterocycles. The maximum absolute atomic E-state index is 12.5. The van der Waals surface area contributed by atoms with Crippen molar-refractivity contribution in [2.75, 3.05) is 27.9 Å². The van der Waals surface area contributed by atoms with Crippen molar-refractivity contribution < 1.29 is 28.5 Å². The summed E-state index contributed by atoms with van der Waals surface area (Å²) in [5.74, 6) is 0. The van der Waals surface area contributed by atoms with E-state index >= 15 is 0 Å². The number of likely N-dealkylation sites (tertiary alicyclic amines) is 1. The highest BCUT2D eigenvalue weighted by atomic mass is 16.6. The van der Waals surface area contributed by atoms with Crippen LogP contribution < -0.4 is 0 Å². The molecule has 128 valence electrons. The number of amides is 1. The molecule has 2 saturated heterocycles. The van der Waals surface area contributed by atoms with Gasteiger partial charge in [-0.15, -0.1) is 0 Å². The van der Waals surface area contributed by atoms with Crippen LogP contribution in [0.4, 0.5) is 4.79 Å². The molecule has 2 aliphatic heterocycles. The van der Waals surface area contributed by atoms with Gasteiger partial charge in [-0.2, -0.15) is 0 Å². The monoisotopic (exact) mass is 317 g/mol. The maximum Gasteiger partial charge on any atom is 0.412 e. The largest absolute Gasteiger partial charge is 0.444 e. The van der Waals surface area contributed by atoms with Gasteiger partial charge in [-0.25, -0.2) is 4.79 Å². The Morgan fingerprint density at radius 2 is 1.73 bits per heavy atom. The Morgan fingerprint density at radius 1 is 1.14 bits per heavy atom. The molecule has 1 amide bonds. The number of hydrogen-bond donors (Lipinski definition) is 0. The zero-order chi connectivity index (χ0) is 16.7. The van der Waals surface area contributed by atoms with Gasteiger partial charge >= 0.3 is 6.09 Å². The van der Waals surface area contributed by atoms with Gasteiger partial charge in [0, 0.05) is 21.3 Å². The fourth-order valence-electron chi connectivity index (χ4n) is 3.32. The zero-order valence-electron chi connectivity index (χ0n) is 14.4. The summed E-state index contributed by atoms with van der Waals surface area (Å²) < 4.78 is 28.2. The van der Waals surface area contributed by atoms with Crippen molar-refractivity contribution in [3.63, 3.8) is 0 Å². The summed E-state index contributed by atoms with van der Waals surface area (Å²) in [6, 6.07) is 0. The summed E-state index contributed by atoms with van der Waals surface area (Å²) in [5.41, 5.74) is -1.52. The van der Waals surface area contributed by atoms with Crippen LogP contribution in [0.1, 0.15) is 27.7 Å². The summed E-state index contributed by atoms with van der Waals surface area (Å²) >= 11 is 0. The first-order valence-corrected chi connectivity index (χ1v) is 7.44. The van der Waals surface area contributed by atoms with Gasteiger partial charge in [0.2, 0.25) is 0 Å². The van der Waals surface area contributed by atoms with E-state index in [4.69, 9.17) is 23.7 Å². The molecule has 0 aromatic rings. The van der Waals surface area contributed by atoms with Gasteiger partial charge in [0.25, 0.3) is 0 Å². The van der Waals surface area contributed by atoms with Crippen molar-refractivity contribution in [1.29, 1.82) is 0 Å². The van der Waals surface area contributed by atoms with Gasteiger partial charge in [0.05, 0.1) is 6.54 Å². The minimum atomic E-state index is -0.947. The number of ether oxygens (including phenoxy) is 5. The lowest BCUT2D eigenvalue weighted by Crippen LogP contribution is -2.64. The lowest BCUT2D eigenvalue weighted by atomic mass is 9.94. The molecule has 0 spiro atoms. The van der Waals surface area contributed by atoms with Crippen molar-refractivity contribution in [2.24, 2.45) is 0 Å². The molecule has 7 nitrogen and oxygen atoms in total. The van der Waals surface area contributed by atoms with Crippen molar-refractivity contribution >= 4 is 6.09 Å². The Kier molecular flexibility index (Phi) is 4.73. The quantitative estimate of drug-likeness (QED) is 0.784. The molecule has 0 unspecified atom stereocenters. The van der Waals surface area contributed by atoms with E-state index < -0.39 is 23.5 Å². The minimum absolute atomic E-state index is 0.279. The Balaban J connectivity index is 2.31. The first kappa shape index (κ1) is 17.5. The average molecular weight is 317 g/mol. The van der Waals surface area contributed by atoms with Gasteiger partial charge in [0.1, 0.15) is 30.0 Å². The third-order valence-electron chi connectivity index (χ3n) is 4.22. The number of methoxy groups -OCH3 is 3. The van der Waals surface area contributed by atoms with Crippen LogP contribution in [0.3, 0.4) is 0 Å². The Bertz CT molecular complexity index is 423. The summed E-state index contributed by atoms with van der Waals surface area (Å²) in [5, 5.41) is 0. The van der Waals surface area contributed by atoms with Gasteiger partial charge in [-0.05, 0) is 27.7 Å². The van der Waals surface area contributed by atoms with Gasteiger partial charge in [-0.3, -0.25) is 4.90 Å². The van der Waals surface area contributed by atoms with E-state index in [-0.39, 0.29) is 18.3 Å². The molecule has 0 aromatic carbocycles. The second-order valence-electron chi connectivity index (χ2n) is 6.86. The molecule has 7 heteroatoms. The fraction of sp³-hybridized carbons (Fsp3) is 0.933. The Hall–Kier alpha value is -0.890. The molecule has 2 fully saturated rings. The van der Waals surface area contributed by atoms with Crippen LogP contribution in [0.2, 0.25) is 0 Å². The summed E-state index contributed by atoms with van der Waals surface area (Å²) in [6.07, 6.45) is -1.82. The highest BCUT2D eigenvalue weighted by Crippen LogP contribution is 2.42. The summed E-state index contributed by atoms with van der Waals surface area (Å²) in [4.78, 5) is 14.1. The minimum Gasteiger partial charge on any atom is -0.444 e. The van der Waals surface area contributed by atoms with Crippen molar-refractivity contribution in [1.82, 2.24) is 4.90 Å².